The topological polar surface area (TPSA) is 22.1 Å². The van der Waals surface area contributed by atoms with Gasteiger partial charge in [-0.25, -0.2) is 0 Å². The van der Waals surface area contributed by atoms with Gasteiger partial charge in [0.1, 0.15) is 5.75 Å². The summed E-state index contributed by atoms with van der Waals surface area (Å²) in [6.07, 6.45) is -4.45. The van der Waals surface area contributed by atoms with Crippen molar-refractivity contribution in [3.63, 3.8) is 0 Å². The quantitative estimate of drug-likeness (QED) is 0.801. The monoisotopic (exact) mass is 279 g/mol. The highest BCUT2D eigenvalue weighted by atomic mass is 35.5. The molecule has 1 aromatic heterocycles. The number of alkyl halides is 3. The van der Waals surface area contributed by atoms with Gasteiger partial charge in [0.25, 0.3) is 5.19 Å². The van der Waals surface area contributed by atoms with Crippen LogP contribution in [0.3, 0.4) is 0 Å². The Bertz CT molecular complexity index is 509. The van der Waals surface area contributed by atoms with Crippen molar-refractivity contribution in [3.8, 4) is 10.9 Å². The average Bonchev–Trinajstić information content (AvgIpc) is 2.69. The van der Waals surface area contributed by atoms with E-state index in [9.17, 15) is 13.2 Å². The summed E-state index contributed by atoms with van der Waals surface area (Å²) in [6, 6.07) is 6.26. The molecule has 90 valence electrons. The zero-order valence-electron chi connectivity index (χ0n) is 8.16. The number of halogens is 4. The van der Waals surface area contributed by atoms with Gasteiger partial charge in [0.05, 0.1) is 0 Å². The summed E-state index contributed by atoms with van der Waals surface area (Å²) < 4.78 is 42.0. The molecule has 2 rings (SSSR count). The first-order valence-corrected chi connectivity index (χ1v) is 5.67. The molecule has 2 aromatic rings. The van der Waals surface area contributed by atoms with Crippen LogP contribution in [-0.4, -0.2) is 4.98 Å². The maximum atomic E-state index is 12.3. The van der Waals surface area contributed by atoms with Crippen LogP contribution in [0.1, 0.15) is 5.69 Å². The van der Waals surface area contributed by atoms with Crippen molar-refractivity contribution in [1.82, 2.24) is 4.98 Å². The van der Waals surface area contributed by atoms with Gasteiger partial charge >= 0.3 is 6.18 Å². The van der Waals surface area contributed by atoms with Gasteiger partial charge in [-0.3, -0.25) is 0 Å². The molecule has 0 saturated heterocycles. The fourth-order valence-electron chi connectivity index (χ4n) is 1.04. The molecule has 1 heterocycles. The smallest absolute Gasteiger partial charge is 0.431 e. The first kappa shape index (κ1) is 12.2. The van der Waals surface area contributed by atoms with Gasteiger partial charge in [0, 0.05) is 10.4 Å². The van der Waals surface area contributed by atoms with E-state index in [1.165, 1.54) is 0 Å². The van der Waals surface area contributed by atoms with Crippen LogP contribution in [0, 0.1) is 0 Å². The van der Waals surface area contributed by atoms with E-state index >= 15 is 0 Å². The molecule has 7 heteroatoms. The second-order valence-corrected chi connectivity index (χ2v) is 4.31. The fourth-order valence-corrected chi connectivity index (χ4v) is 1.86. The van der Waals surface area contributed by atoms with Crippen LogP contribution in [0.5, 0.6) is 10.9 Å². The van der Waals surface area contributed by atoms with Crippen molar-refractivity contribution in [2.45, 2.75) is 6.18 Å². The van der Waals surface area contributed by atoms with Crippen LogP contribution in [-0.2, 0) is 6.18 Å². The van der Waals surface area contributed by atoms with Gasteiger partial charge in [0.15, 0.2) is 5.69 Å². The zero-order valence-corrected chi connectivity index (χ0v) is 9.73. The van der Waals surface area contributed by atoms with E-state index in [4.69, 9.17) is 16.3 Å². The standard InChI is InChI=1S/C10H5ClF3NOS/c11-6-1-3-7(4-2-6)16-9-15-8(5-17-9)10(12,13)14/h1-5H. The number of ether oxygens (including phenoxy) is 1. The molecule has 0 spiro atoms. The van der Waals surface area contributed by atoms with E-state index in [1.807, 2.05) is 0 Å². The van der Waals surface area contributed by atoms with Crippen molar-refractivity contribution in [2.75, 3.05) is 0 Å². The van der Waals surface area contributed by atoms with Crippen LogP contribution in [0.4, 0.5) is 13.2 Å². The second-order valence-electron chi connectivity index (χ2n) is 3.05. The molecule has 0 bridgehead atoms. The largest absolute Gasteiger partial charge is 0.434 e. The van der Waals surface area contributed by atoms with Crippen molar-refractivity contribution in [1.29, 1.82) is 0 Å². The average molecular weight is 280 g/mol. The van der Waals surface area contributed by atoms with Crippen LogP contribution < -0.4 is 4.74 Å². The minimum absolute atomic E-state index is 0.0559. The minimum atomic E-state index is -4.45. The molecule has 17 heavy (non-hydrogen) atoms. The number of hydrogen-bond donors (Lipinski definition) is 0. The Morgan fingerprint density at radius 2 is 1.82 bits per heavy atom. The van der Waals surface area contributed by atoms with Crippen LogP contribution >= 0.6 is 22.9 Å². The maximum absolute atomic E-state index is 12.3. The molecule has 0 radical (unpaired) electrons. The van der Waals surface area contributed by atoms with Crippen LogP contribution in [0.15, 0.2) is 29.6 Å². The predicted molar refractivity (Wildman–Crippen MR) is 58.6 cm³/mol. The Morgan fingerprint density at radius 1 is 1.18 bits per heavy atom. The summed E-state index contributed by atoms with van der Waals surface area (Å²) in [4.78, 5) is 3.34. The summed E-state index contributed by atoms with van der Waals surface area (Å²) in [7, 11) is 0. The first-order valence-electron chi connectivity index (χ1n) is 4.41. The molecule has 2 nitrogen and oxygen atoms in total. The van der Waals surface area contributed by atoms with Gasteiger partial charge in [-0.15, -0.1) is 0 Å². The third-order valence-corrected chi connectivity index (χ3v) is 2.76. The Morgan fingerprint density at radius 3 is 2.35 bits per heavy atom. The lowest BCUT2D eigenvalue weighted by atomic mass is 10.3. The number of rotatable bonds is 2. The maximum Gasteiger partial charge on any atom is 0.434 e. The molecular weight excluding hydrogens is 275 g/mol. The summed E-state index contributed by atoms with van der Waals surface area (Å²) in [5.74, 6) is 0.387. The van der Waals surface area contributed by atoms with Crippen molar-refractivity contribution in [3.05, 3.63) is 40.4 Å². The Kier molecular flexibility index (Phi) is 3.26. The molecule has 0 amide bonds. The highest BCUT2D eigenvalue weighted by Gasteiger charge is 2.34. The summed E-state index contributed by atoms with van der Waals surface area (Å²) in [5, 5.41) is 1.37. The SMILES string of the molecule is FC(F)(F)c1csc(Oc2ccc(Cl)cc2)n1. The molecule has 0 saturated carbocycles. The van der Waals surface area contributed by atoms with Gasteiger partial charge in [-0.1, -0.05) is 22.9 Å². The van der Waals surface area contributed by atoms with E-state index in [2.05, 4.69) is 4.98 Å². The van der Waals surface area contributed by atoms with Crippen LogP contribution in [0.2, 0.25) is 5.02 Å². The lowest BCUT2D eigenvalue weighted by Gasteiger charge is -2.02. The highest BCUT2D eigenvalue weighted by Crippen LogP contribution is 2.34. The Hall–Kier alpha value is -1.27. The van der Waals surface area contributed by atoms with Gasteiger partial charge in [0.2, 0.25) is 0 Å². The highest BCUT2D eigenvalue weighted by molar-refractivity contribution is 7.11. The van der Waals surface area contributed by atoms with E-state index in [1.54, 1.807) is 24.3 Å². The molecule has 0 aliphatic rings. The van der Waals surface area contributed by atoms with Gasteiger partial charge in [-0.2, -0.15) is 18.2 Å². The molecule has 0 N–H and O–H groups in total. The summed E-state index contributed by atoms with van der Waals surface area (Å²) in [5.41, 5.74) is -0.952. The lowest BCUT2D eigenvalue weighted by Crippen LogP contribution is -2.04. The molecule has 0 aliphatic heterocycles. The number of hydrogen-bond acceptors (Lipinski definition) is 3. The Balaban J connectivity index is 2.14. The molecule has 0 unspecified atom stereocenters. The number of benzene rings is 1. The van der Waals surface area contributed by atoms with E-state index in [0.717, 1.165) is 16.7 Å². The van der Waals surface area contributed by atoms with Crippen molar-refractivity contribution < 1.29 is 17.9 Å². The molecular formula is C10H5ClF3NOS. The number of thiazole rings is 1. The molecule has 0 atom stereocenters. The van der Waals surface area contributed by atoms with Crippen LogP contribution in [0.25, 0.3) is 0 Å². The van der Waals surface area contributed by atoms with E-state index in [0.29, 0.717) is 10.8 Å². The second kappa shape index (κ2) is 4.54. The molecule has 1 aromatic carbocycles. The zero-order chi connectivity index (χ0) is 12.5. The molecule has 0 fully saturated rings. The van der Waals surface area contributed by atoms with E-state index in [-0.39, 0.29) is 5.19 Å². The third-order valence-electron chi connectivity index (χ3n) is 1.79. The summed E-state index contributed by atoms with van der Waals surface area (Å²) >= 11 is 6.45. The van der Waals surface area contributed by atoms with Crippen molar-refractivity contribution in [2.24, 2.45) is 0 Å². The third kappa shape index (κ3) is 3.10. The number of nitrogens with zero attached hydrogens (tertiary/aromatic N) is 1. The van der Waals surface area contributed by atoms with Gasteiger partial charge < -0.3 is 4.74 Å². The minimum Gasteiger partial charge on any atom is -0.431 e. The molecule has 0 aliphatic carbocycles. The summed E-state index contributed by atoms with van der Waals surface area (Å²) in [6.45, 7) is 0. The van der Waals surface area contributed by atoms with Gasteiger partial charge in [-0.05, 0) is 24.3 Å². The number of aromatic nitrogens is 1. The lowest BCUT2D eigenvalue weighted by molar-refractivity contribution is -0.140. The first-order chi connectivity index (χ1) is 7.95. The van der Waals surface area contributed by atoms with E-state index < -0.39 is 11.9 Å². The normalized spacial score (nSPS) is 11.5. The Labute approximate surface area is 104 Å². The predicted octanol–water partition coefficient (Wildman–Crippen LogP) is 4.61. The fraction of sp³-hybridized carbons (Fsp3) is 0.100. The van der Waals surface area contributed by atoms with Crippen molar-refractivity contribution >= 4 is 22.9 Å².